The molecule has 0 aliphatic heterocycles. The van der Waals surface area contributed by atoms with Crippen molar-refractivity contribution < 1.29 is 19.2 Å². The fourth-order valence-electron chi connectivity index (χ4n) is 1.79. The van der Waals surface area contributed by atoms with Gasteiger partial charge in [-0.05, 0) is 30.9 Å². The predicted octanol–water partition coefficient (Wildman–Crippen LogP) is 3.38. The maximum Gasteiger partial charge on any atom is 0.342 e. The fourth-order valence-corrected chi connectivity index (χ4v) is 2.28. The van der Waals surface area contributed by atoms with Crippen LogP contribution in [0, 0.1) is 15.9 Å². The van der Waals surface area contributed by atoms with Gasteiger partial charge in [0.2, 0.25) is 0 Å². The van der Waals surface area contributed by atoms with Gasteiger partial charge in [-0.25, -0.2) is 9.18 Å². The van der Waals surface area contributed by atoms with Gasteiger partial charge in [0.05, 0.1) is 16.7 Å². The van der Waals surface area contributed by atoms with Crippen LogP contribution in [0.15, 0.2) is 12.1 Å². The van der Waals surface area contributed by atoms with E-state index in [4.69, 9.17) is 5.11 Å². The Balaban J connectivity index is 2.72. The van der Waals surface area contributed by atoms with Crippen LogP contribution in [-0.2, 0) is 0 Å². The number of hydrogen-bond acceptors (Lipinski definition) is 5. The molecule has 0 aliphatic rings. The van der Waals surface area contributed by atoms with Crippen molar-refractivity contribution in [3.8, 4) is 0 Å². The van der Waals surface area contributed by atoms with E-state index in [2.05, 4.69) is 5.32 Å². The average Bonchev–Trinajstić information content (AvgIpc) is 2.43. The van der Waals surface area contributed by atoms with Crippen molar-refractivity contribution in [1.82, 2.24) is 0 Å². The van der Waals surface area contributed by atoms with Crippen LogP contribution < -0.4 is 5.32 Å². The second-order valence-electron chi connectivity index (χ2n) is 4.39. The Hall–Kier alpha value is -1.83. The van der Waals surface area contributed by atoms with Crippen LogP contribution in [0.1, 0.15) is 29.6 Å². The van der Waals surface area contributed by atoms with Crippen molar-refractivity contribution in [3.05, 3.63) is 33.6 Å². The first-order valence-corrected chi connectivity index (χ1v) is 7.80. The van der Waals surface area contributed by atoms with Crippen LogP contribution in [-0.4, -0.2) is 34.6 Å². The summed E-state index contributed by atoms with van der Waals surface area (Å²) in [7, 11) is 0. The van der Waals surface area contributed by atoms with Gasteiger partial charge < -0.3 is 10.4 Å². The number of unbranched alkanes of at least 4 members (excludes halogenated alkanes) is 2. The van der Waals surface area contributed by atoms with Gasteiger partial charge in [-0.3, -0.25) is 10.1 Å². The molecular formula is C13H17FN2O4S. The van der Waals surface area contributed by atoms with E-state index in [9.17, 15) is 19.3 Å². The molecular weight excluding hydrogens is 299 g/mol. The average molecular weight is 316 g/mol. The Kier molecular flexibility index (Phi) is 6.93. The lowest BCUT2D eigenvalue weighted by molar-refractivity contribution is -0.385. The third-order valence-electron chi connectivity index (χ3n) is 2.85. The van der Waals surface area contributed by atoms with E-state index in [-0.39, 0.29) is 5.69 Å². The molecule has 0 unspecified atom stereocenters. The Bertz CT molecular complexity index is 525. The number of anilines is 1. The van der Waals surface area contributed by atoms with E-state index in [1.807, 2.05) is 6.26 Å². The van der Waals surface area contributed by atoms with Crippen molar-refractivity contribution in [2.75, 3.05) is 23.9 Å². The quantitative estimate of drug-likeness (QED) is 0.412. The number of nitrogens with one attached hydrogen (secondary N) is 1. The molecule has 1 aromatic rings. The van der Waals surface area contributed by atoms with Gasteiger partial charge in [0, 0.05) is 6.54 Å². The highest BCUT2D eigenvalue weighted by atomic mass is 32.2. The molecule has 0 aliphatic carbocycles. The number of nitro benzene ring substituents is 1. The molecule has 0 spiro atoms. The molecule has 6 nitrogen and oxygen atoms in total. The van der Waals surface area contributed by atoms with Gasteiger partial charge in [-0.2, -0.15) is 11.8 Å². The smallest absolute Gasteiger partial charge is 0.342 e. The Labute approximate surface area is 125 Å². The lowest BCUT2D eigenvalue weighted by atomic mass is 10.1. The van der Waals surface area contributed by atoms with Crippen LogP contribution in [0.4, 0.5) is 15.8 Å². The highest BCUT2D eigenvalue weighted by molar-refractivity contribution is 7.98. The van der Waals surface area contributed by atoms with Crippen molar-refractivity contribution in [2.45, 2.75) is 19.3 Å². The molecule has 0 amide bonds. The van der Waals surface area contributed by atoms with Crippen molar-refractivity contribution in [2.24, 2.45) is 0 Å². The maximum absolute atomic E-state index is 13.7. The summed E-state index contributed by atoms with van der Waals surface area (Å²) in [6.07, 6.45) is 4.89. The largest absolute Gasteiger partial charge is 0.477 e. The summed E-state index contributed by atoms with van der Waals surface area (Å²) in [5, 5.41) is 22.4. The molecule has 0 fully saturated rings. The zero-order valence-corrected chi connectivity index (χ0v) is 12.4. The van der Waals surface area contributed by atoms with Crippen molar-refractivity contribution in [3.63, 3.8) is 0 Å². The van der Waals surface area contributed by atoms with Crippen LogP contribution in [0.5, 0.6) is 0 Å². The van der Waals surface area contributed by atoms with Crippen LogP contribution in [0.3, 0.4) is 0 Å². The van der Waals surface area contributed by atoms with Gasteiger partial charge in [-0.15, -0.1) is 0 Å². The molecule has 1 rings (SSSR count). The number of thioether (sulfide) groups is 1. The first kappa shape index (κ1) is 17.2. The Morgan fingerprint density at radius 2 is 2.14 bits per heavy atom. The first-order chi connectivity index (χ1) is 9.97. The zero-order chi connectivity index (χ0) is 15.8. The van der Waals surface area contributed by atoms with Gasteiger partial charge in [0.15, 0.2) is 5.82 Å². The minimum atomic E-state index is -1.45. The van der Waals surface area contributed by atoms with Gasteiger partial charge in [0.1, 0.15) is 5.56 Å². The minimum absolute atomic E-state index is 0.0251. The molecule has 0 saturated carbocycles. The molecule has 0 atom stereocenters. The molecule has 8 heteroatoms. The zero-order valence-electron chi connectivity index (χ0n) is 11.6. The lowest BCUT2D eigenvalue weighted by Crippen LogP contribution is -2.08. The van der Waals surface area contributed by atoms with E-state index in [0.29, 0.717) is 12.6 Å². The van der Waals surface area contributed by atoms with Gasteiger partial charge in [-0.1, -0.05) is 6.42 Å². The highest BCUT2D eigenvalue weighted by Crippen LogP contribution is 2.26. The number of halogens is 1. The molecule has 1 aromatic carbocycles. The van der Waals surface area contributed by atoms with E-state index in [1.54, 1.807) is 11.8 Å². The Morgan fingerprint density at radius 3 is 2.71 bits per heavy atom. The Morgan fingerprint density at radius 1 is 1.43 bits per heavy atom. The number of benzene rings is 1. The molecule has 116 valence electrons. The third kappa shape index (κ3) is 5.22. The lowest BCUT2D eigenvalue weighted by Gasteiger charge is -2.09. The molecule has 0 heterocycles. The second kappa shape index (κ2) is 8.46. The summed E-state index contributed by atoms with van der Waals surface area (Å²) in [4.78, 5) is 20.8. The normalized spacial score (nSPS) is 10.4. The monoisotopic (exact) mass is 316 g/mol. The highest BCUT2D eigenvalue weighted by Gasteiger charge is 2.23. The molecule has 2 N–H and O–H groups in total. The minimum Gasteiger partial charge on any atom is -0.477 e. The number of carboxylic acids is 1. The fraction of sp³-hybridized carbons (Fsp3) is 0.462. The van der Waals surface area contributed by atoms with Crippen LogP contribution in [0.25, 0.3) is 0 Å². The summed E-state index contributed by atoms with van der Waals surface area (Å²) in [6, 6.07) is 1.61. The predicted molar refractivity (Wildman–Crippen MR) is 80.7 cm³/mol. The molecule has 0 saturated heterocycles. The molecule has 0 aromatic heterocycles. The maximum atomic E-state index is 13.7. The summed E-state index contributed by atoms with van der Waals surface area (Å²) in [6.45, 7) is 0.488. The topological polar surface area (TPSA) is 92.5 Å². The number of carboxylic acid groups (broad SMARTS) is 1. The SMILES string of the molecule is CSCCCCCNc1cc(C(=O)O)c([N+](=O)[O-])cc1F. The number of aromatic carboxylic acids is 1. The van der Waals surface area contributed by atoms with Crippen LogP contribution >= 0.6 is 11.8 Å². The summed E-state index contributed by atoms with van der Waals surface area (Å²) >= 11 is 1.76. The van der Waals surface area contributed by atoms with E-state index >= 15 is 0 Å². The molecule has 0 bridgehead atoms. The molecule has 21 heavy (non-hydrogen) atoms. The first-order valence-electron chi connectivity index (χ1n) is 6.41. The number of carbonyl (C=O) groups is 1. The van der Waals surface area contributed by atoms with E-state index in [0.717, 1.165) is 31.1 Å². The van der Waals surface area contributed by atoms with E-state index in [1.165, 1.54) is 0 Å². The summed E-state index contributed by atoms with van der Waals surface area (Å²) in [5.41, 5.74) is -1.29. The number of rotatable bonds is 9. The van der Waals surface area contributed by atoms with Crippen molar-refractivity contribution >= 4 is 29.1 Å². The van der Waals surface area contributed by atoms with E-state index < -0.39 is 28.0 Å². The van der Waals surface area contributed by atoms with Crippen molar-refractivity contribution in [1.29, 1.82) is 0 Å². The van der Waals surface area contributed by atoms with Gasteiger partial charge >= 0.3 is 5.97 Å². The van der Waals surface area contributed by atoms with Gasteiger partial charge in [0.25, 0.3) is 5.69 Å². The summed E-state index contributed by atoms with van der Waals surface area (Å²) in [5.74, 6) is -1.21. The second-order valence-corrected chi connectivity index (χ2v) is 5.38. The summed E-state index contributed by atoms with van der Waals surface area (Å²) < 4.78 is 13.7. The molecule has 0 radical (unpaired) electrons. The number of nitrogens with zero attached hydrogens (tertiary/aromatic N) is 1. The standard InChI is InChI=1S/C13H17FN2O4S/c1-21-6-4-2-3-5-15-11-7-9(13(17)18)12(16(19)20)8-10(11)14/h7-8,15H,2-6H2,1H3,(H,17,18). The third-order valence-corrected chi connectivity index (χ3v) is 3.55. The van der Waals surface area contributed by atoms with Crippen LogP contribution in [0.2, 0.25) is 0 Å². The number of nitro groups is 1. The number of hydrogen-bond donors (Lipinski definition) is 2.